The Morgan fingerprint density at radius 3 is 2.48 bits per heavy atom. The molecule has 0 amide bonds. The molecule has 5 nitrogen and oxygen atoms in total. The van der Waals surface area contributed by atoms with Crippen LogP contribution in [-0.4, -0.2) is 32.4 Å². The smallest absolute Gasteiger partial charge is 0.494 e. The number of phenolic OH excluding ortho intramolecular Hbond substituents is 2. The summed E-state index contributed by atoms with van der Waals surface area (Å²) in [5.41, 5.74) is 2.97. The van der Waals surface area contributed by atoms with Crippen LogP contribution in [0.2, 0.25) is 0 Å². The van der Waals surface area contributed by atoms with E-state index in [2.05, 4.69) is 32.7 Å². The minimum absolute atomic E-state index is 0.0412. The quantitative estimate of drug-likeness (QED) is 0.393. The molecule has 4 rings (SSSR count). The van der Waals surface area contributed by atoms with Gasteiger partial charge in [0, 0.05) is 16.6 Å². The zero-order valence-electron chi connectivity index (χ0n) is 16.6. The predicted octanol–water partition coefficient (Wildman–Crippen LogP) is 3.24. The Morgan fingerprint density at radius 1 is 1.11 bits per heavy atom. The summed E-state index contributed by atoms with van der Waals surface area (Å²) < 4.78 is 0. The molecule has 0 radical (unpaired) electrons. The SMILES string of the molecule is CC1CCC2C(C)(C)CCCC2(C)c2c1[nH]c1c(B(O)O)c(O)c(O)cc21. The van der Waals surface area contributed by atoms with Crippen molar-refractivity contribution in [3.63, 3.8) is 0 Å². The van der Waals surface area contributed by atoms with Crippen LogP contribution in [0.25, 0.3) is 10.9 Å². The van der Waals surface area contributed by atoms with Crippen LogP contribution in [0.5, 0.6) is 11.5 Å². The topological polar surface area (TPSA) is 96.7 Å². The molecule has 5 N–H and O–H groups in total. The van der Waals surface area contributed by atoms with Gasteiger partial charge < -0.3 is 25.2 Å². The molecule has 27 heavy (non-hydrogen) atoms. The van der Waals surface area contributed by atoms with Gasteiger partial charge in [-0.05, 0) is 60.0 Å². The molecule has 3 unspecified atom stereocenters. The van der Waals surface area contributed by atoms with Gasteiger partial charge in [-0.25, -0.2) is 0 Å². The molecule has 0 aliphatic heterocycles. The molecule has 2 aromatic rings. The molecule has 0 spiro atoms. The van der Waals surface area contributed by atoms with Gasteiger partial charge in [0.1, 0.15) is 0 Å². The van der Waals surface area contributed by atoms with Gasteiger partial charge >= 0.3 is 7.12 Å². The monoisotopic (exact) mass is 371 g/mol. The van der Waals surface area contributed by atoms with Crippen LogP contribution in [0, 0.1) is 11.3 Å². The third-order valence-electron chi connectivity index (χ3n) is 7.56. The molecule has 6 heteroatoms. The molecule has 1 saturated carbocycles. The Bertz CT molecular complexity index is 903. The molecule has 1 aromatic carbocycles. The van der Waals surface area contributed by atoms with E-state index < -0.39 is 12.9 Å². The molecule has 0 saturated heterocycles. The summed E-state index contributed by atoms with van der Waals surface area (Å²) in [7, 11) is -1.86. The van der Waals surface area contributed by atoms with Crippen LogP contribution in [-0.2, 0) is 5.41 Å². The number of phenols is 2. The number of aromatic amines is 1. The molecular weight excluding hydrogens is 341 g/mol. The van der Waals surface area contributed by atoms with E-state index in [1.165, 1.54) is 12.0 Å². The maximum absolute atomic E-state index is 10.3. The Labute approximate surface area is 160 Å². The van der Waals surface area contributed by atoms with Crippen LogP contribution < -0.4 is 5.46 Å². The number of hydrogen-bond acceptors (Lipinski definition) is 4. The van der Waals surface area contributed by atoms with E-state index in [0.717, 1.165) is 36.8 Å². The highest BCUT2D eigenvalue weighted by atomic mass is 16.4. The lowest BCUT2D eigenvalue weighted by Gasteiger charge is -2.51. The Balaban J connectivity index is 2.08. The Morgan fingerprint density at radius 2 is 1.81 bits per heavy atom. The first-order valence-electron chi connectivity index (χ1n) is 10.0. The lowest BCUT2D eigenvalue weighted by Crippen LogP contribution is -2.44. The van der Waals surface area contributed by atoms with E-state index in [9.17, 15) is 20.3 Å². The minimum Gasteiger partial charge on any atom is -0.504 e. The molecule has 0 bridgehead atoms. The highest BCUT2D eigenvalue weighted by Gasteiger charge is 2.51. The fraction of sp³-hybridized carbons (Fsp3) is 0.619. The molecular formula is C21H30BNO4. The summed E-state index contributed by atoms with van der Waals surface area (Å²) in [5, 5.41) is 41.1. The number of aromatic nitrogens is 1. The zero-order chi connectivity index (χ0) is 19.7. The number of H-pyrrole nitrogens is 1. The van der Waals surface area contributed by atoms with Gasteiger partial charge in [-0.2, -0.15) is 0 Å². The van der Waals surface area contributed by atoms with Crippen molar-refractivity contribution >= 4 is 23.5 Å². The fourth-order valence-electron chi connectivity index (χ4n) is 6.28. The number of hydrogen-bond donors (Lipinski definition) is 5. The second-order valence-electron chi connectivity index (χ2n) is 9.66. The first-order chi connectivity index (χ1) is 12.6. The van der Waals surface area contributed by atoms with Gasteiger partial charge in [-0.15, -0.1) is 0 Å². The number of aromatic hydroxyl groups is 2. The Hall–Kier alpha value is -1.66. The maximum atomic E-state index is 10.3. The van der Waals surface area contributed by atoms with Gasteiger partial charge in [0.05, 0.1) is 5.46 Å². The van der Waals surface area contributed by atoms with E-state index in [-0.39, 0.29) is 22.0 Å². The van der Waals surface area contributed by atoms with Crippen molar-refractivity contribution in [1.29, 1.82) is 0 Å². The third kappa shape index (κ3) is 2.53. The number of fused-ring (bicyclic) bond motifs is 5. The maximum Gasteiger partial charge on any atom is 0.494 e. The highest BCUT2D eigenvalue weighted by molar-refractivity contribution is 6.63. The molecule has 1 fully saturated rings. The average molecular weight is 371 g/mol. The number of rotatable bonds is 1. The fourth-order valence-corrected chi connectivity index (χ4v) is 6.28. The summed E-state index contributed by atoms with van der Waals surface area (Å²) in [6.45, 7) is 9.27. The molecule has 1 heterocycles. The largest absolute Gasteiger partial charge is 0.504 e. The first-order valence-corrected chi connectivity index (χ1v) is 10.0. The number of benzene rings is 1. The third-order valence-corrected chi connectivity index (χ3v) is 7.56. The molecule has 1 aromatic heterocycles. The van der Waals surface area contributed by atoms with Crippen molar-refractivity contribution in [1.82, 2.24) is 4.98 Å². The van der Waals surface area contributed by atoms with Crippen LogP contribution in [0.3, 0.4) is 0 Å². The molecule has 146 valence electrons. The average Bonchev–Trinajstić information content (AvgIpc) is 2.88. The van der Waals surface area contributed by atoms with Crippen LogP contribution in [0.1, 0.15) is 77.0 Å². The van der Waals surface area contributed by atoms with Gasteiger partial charge in [-0.1, -0.05) is 34.1 Å². The lowest BCUT2D eigenvalue weighted by molar-refractivity contribution is 0.0505. The van der Waals surface area contributed by atoms with Crippen LogP contribution in [0.15, 0.2) is 6.07 Å². The second kappa shape index (κ2) is 5.92. The van der Waals surface area contributed by atoms with Crippen molar-refractivity contribution in [3.8, 4) is 11.5 Å². The summed E-state index contributed by atoms with van der Waals surface area (Å²) in [4.78, 5) is 3.42. The van der Waals surface area contributed by atoms with Crippen LogP contribution in [0.4, 0.5) is 0 Å². The van der Waals surface area contributed by atoms with E-state index in [0.29, 0.717) is 17.4 Å². The van der Waals surface area contributed by atoms with E-state index >= 15 is 0 Å². The number of nitrogens with one attached hydrogen (secondary N) is 1. The van der Waals surface area contributed by atoms with Crippen molar-refractivity contribution in [2.45, 2.75) is 71.1 Å². The van der Waals surface area contributed by atoms with Gasteiger partial charge in [0.25, 0.3) is 0 Å². The van der Waals surface area contributed by atoms with Crippen molar-refractivity contribution in [2.75, 3.05) is 0 Å². The van der Waals surface area contributed by atoms with E-state index in [1.54, 1.807) is 6.07 Å². The van der Waals surface area contributed by atoms with Gasteiger partial charge in [0.15, 0.2) is 11.5 Å². The minimum atomic E-state index is -1.86. The van der Waals surface area contributed by atoms with Crippen molar-refractivity contribution in [3.05, 3.63) is 17.3 Å². The van der Waals surface area contributed by atoms with E-state index in [1.807, 2.05) is 0 Å². The van der Waals surface area contributed by atoms with Crippen LogP contribution >= 0.6 is 0 Å². The van der Waals surface area contributed by atoms with Crippen molar-refractivity contribution < 1.29 is 20.3 Å². The van der Waals surface area contributed by atoms with Gasteiger partial charge in [-0.3, -0.25) is 0 Å². The van der Waals surface area contributed by atoms with E-state index in [4.69, 9.17) is 0 Å². The Kier molecular flexibility index (Phi) is 4.10. The molecule has 3 atom stereocenters. The molecule has 2 aliphatic rings. The first kappa shape index (κ1) is 18.7. The lowest BCUT2D eigenvalue weighted by atomic mass is 9.53. The second-order valence-corrected chi connectivity index (χ2v) is 9.66. The summed E-state index contributed by atoms with van der Waals surface area (Å²) >= 11 is 0. The van der Waals surface area contributed by atoms with Gasteiger partial charge in [0.2, 0.25) is 0 Å². The summed E-state index contributed by atoms with van der Waals surface area (Å²) in [5.74, 6) is 0.0465. The standard InChI is InChI=1S/C21H30BNO4/c1-11-6-7-14-20(2,3)8-5-9-21(14,4)15-12-10-13(24)19(25)16(22(26)27)18(12)23-17(11)15/h10-11,14,23-27H,5-9H2,1-4H3. The molecule has 2 aliphatic carbocycles. The zero-order valence-corrected chi connectivity index (χ0v) is 16.6. The summed E-state index contributed by atoms with van der Waals surface area (Å²) in [6.07, 6.45) is 5.67. The normalized spacial score (nSPS) is 29.9. The summed E-state index contributed by atoms with van der Waals surface area (Å²) in [6, 6.07) is 1.59. The highest BCUT2D eigenvalue weighted by Crippen LogP contribution is 2.59. The van der Waals surface area contributed by atoms with Crippen molar-refractivity contribution in [2.24, 2.45) is 11.3 Å². The predicted molar refractivity (Wildman–Crippen MR) is 108 cm³/mol.